The predicted octanol–water partition coefficient (Wildman–Crippen LogP) is 1.23. The molecule has 1 aliphatic rings. The molecular formula is C15H24N2O4S2. The Hall–Kier alpha value is -0.960. The van der Waals surface area contributed by atoms with Gasteiger partial charge in [0, 0.05) is 19.1 Å². The van der Waals surface area contributed by atoms with E-state index in [4.69, 9.17) is 5.73 Å². The largest absolute Gasteiger partial charge is 0.329 e. The number of rotatable bonds is 5. The third-order valence-electron chi connectivity index (χ3n) is 4.48. The fraction of sp³-hybridized carbons (Fsp3) is 0.600. The predicted molar refractivity (Wildman–Crippen MR) is 89.3 cm³/mol. The standard InChI is InChI=1S/C15H24N2O4S2/c1-3-22(18,19)13-6-8-14(9-7-13)23(20,21)17-10-4-5-12(2)15(17)11-16/h6-9,12,15H,3-5,10-11,16H2,1-2H3/t12-,15+/m0/s1. The number of nitrogens with zero attached hydrogens (tertiary/aromatic N) is 1. The molecule has 1 saturated heterocycles. The van der Waals surface area contributed by atoms with Gasteiger partial charge in [0.05, 0.1) is 15.5 Å². The number of sulfonamides is 1. The molecule has 1 heterocycles. The Balaban J connectivity index is 2.36. The molecule has 1 aromatic carbocycles. The average molecular weight is 361 g/mol. The van der Waals surface area contributed by atoms with Crippen LogP contribution in [0.2, 0.25) is 0 Å². The van der Waals surface area contributed by atoms with Gasteiger partial charge in [-0.2, -0.15) is 4.31 Å². The highest BCUT2D eigenvalue weighted by molar-refractivity contribution is 7.91. The lowest BCUT2D eigenvalue weighted by Crippen LogP contribution is -2.51. The van der Waals surface area contributed by atoms with Gasteiger partial charge in [0.15, 0.2) is 9.84 Å². The Morgan fingerprint density at radius 1 is 1.13 bits per heavy atom. The SMILES string of the molecule is CCS(=O)(=O)c1ccc(S(=O)(=O)N2CCC[C@H](C)[C@H]2CN)cc1. The molecule has 130 valence electrons. The number of nitrogens with two attached hydrogens (primary N) is 1. The molecule has 0 aliphatic carbocycles. The minimum atomic E-state index is -3.67. The Labute approximate surface area is 138 Å². The van der Waals surface area contributed by atoms with Crippen molar-refractivity contribution < 1.29 is 16.8 Å². The summed E-state index contributed by atoms with van der Waals surface area (Å²) in [7, 11) is -7.00. The van der Waals surface area contributed by atoms with Crippen molar-refractivity contribution in [2.45, 2.75) is 42.5 Å². The van der Waals surface area contributed by atoms with Crippen molar-refractivity contribution in [3.05, 3.63) is 24.3 Å². The Morgan fingerprint density at radius 3 is 2.22 bits per heavy atom. The molecule has 23 heavy (non-hydrogen) atoms. The molecule has 1 fully saturated rings. The van der Waals surface area contributed by atoms with Crippen molar-refractivity contribution in [1.82, 2.24) is 4.31 Å². The molecule has 0 bridgehead atoms. The van der Waals surface area contributed by atoms with Gasteiger partial charge >= 0.3 is 0 Å². The molecular weight excluding hydrogens is 336 g/mol. The molecule has 0 aromatic heterocycles. The molecule has 2 rings (SSSR count). The molecule has 2 N–H and O–H groups in total. The van der Waals surface area contributed by atoms with Gasteiger partial charge in [-0.3, -0.25) is 0 Å². The third-order valence-corrected chi connectivity index (χ3v) is 8.16. The monoisotopic (exact) mass is 360 g/mol. The molecule has 0 amide bonds. The minimum Gasteiger partial charge on any atom is -0.329 e. The van der Waals surface area contributed by atoms with Crippen LogP contribution in [0, 0.1) is 5.92 Å². The van der Waals surface area contributed by atoms with Crippen LogP contribution in [0.15, 0.2) is 34.1 Å². The van der Waals surface area contributed by atoms with Crippen molar-refractivity contribution in [2.75, 3.05) is 18.8 Å². The first-order valence-corrected chi connectivity index (χ1v) is 10.9. The van der Waals surface area contributed by atoms with E-state index in [1.165, 1.54) is 28.6 Å². The van der Waals surface area contributed by atoms with Crippen LogP contribution in [-0.4, -0.2) is 46.0 Å². The lowest BCUT2D eigenvalue weighted by molar-refractivity contribution is 0.192. The van der Waals surface area contributed by atoms with Gasteiger partial charge in [0.25, 0.3) is 0 Å². The van der Waals surface area contributed by atoms with Gasteiger partial charge in [-0.1, -0.05) is 13.8 Å². The van der Waals surface area contributed by atoms with E-state index in [2.05, 4.69) is 0 Å². The zero-order chi connectivity index (χ0) is 17.3. The maximum Gasteiger partial charge on any atom is 0.243 e. The van der Waals surface area contributed by atoms with Crippen LogP contribution in [0.1, 0.15) is 26.7 Å². The zero-order valence-corrected chi connectivity index (χ0v) is 15.1. The summed E-state index contributed by atoms with van der Waals surface area (Å²) in [4.78, 5) is 0.251. The van der Waals surface area contributed by atoms with E-state index in [0.717, 1.165) is 12.8 Å². The van der Waals surface area contributed by atoms with Crippen LogP contribution in [0.5, 0.6) is 0 Å². The normalized spacial score (nSPS) is 23.8. The number of hydrogen-bond donors (Lipinski definition) is 1. The molecule has 2 atom stereocenters. The van der Waals surface area contributed by atoms with E-state index < -0.39 is 19.9 Å². The van der Waals surface area contributed by atoms with E-state index in [9.17, 15) is 16.8 Å². The maximum absolute atomic E-state index is 12.9. The van der Waals surface area contributed by atoms with E-state index in [1.54, 1.807) is 6.92 Å². The molecule has 1 aromatic rings. The summed E-state index contributed by atoms with van der Waals surface area (Å²) in [5.74, 6) is 0.195. The third kappa shape index (κ3) is 3.60. The van der Waals surface area contributed by atoms with Crippen molar-refractivity contribution in [3.8, 4) is 0 Å². The maximum atomic E-state index is 12.9. The molecule has 0 unspecified atom stereocenters. The van der Waals surface area contributed by atoms with Gasteiger partial charge in [-0.25, -0.2) is 16.8 Å². The van der Waals surface area contributed by atoms with Crippen LogP contribution >= 0.6 is 0 Å². The van der Waals surface area contributed by atoms with Gasteiger partial charge < -0.3 is 5.73 Å². The zero-order valence-electron chi connectivity index (χ0n) is 13.5. The highest BCUT2D eigenvalue weighted by atomic mass is 32.2. The first-order chi connectivity index (χ1) is 10.7. The molecule has 1 aliphatic heterocycles. The number of benzene rings is 1. The van der Waals surface area contributed by atoms with Crippen LogP contribution in [0.25, 0.3) is 0 Å². The quantitative estimate of drug-likeness (QED) is 0.852. The van der Waals surface area contributed by atoms with Crippen molar-refractivity contribution in [1.29, 1.82) is 0 Å². The summed E-state index contributed by atoms with van der Waals surface area (Å²) >= 11 is 0. The molecule has 0 radical (unpaired) electrons. The van der Waals surface area contributed by atoms with Crippen molar-refractivity contribution in [3.63, 3.8) is 0 Å². The van der Waals surface area contributed by atoms with Gasteiger partial charge in [0.1, 0.15) is 0 Å². The second-order valence-corrected chi connectivity index (χ2v) is 10.1. The molecule has 0 saturated carbocycles. The van der Waals surface area contributed by atoms with Crippen molar-refractivity contribution >= 4 is 19.9 Å². The van der Waals surface area contributed by atoms with Crippen LogP contribution < -0.4 is 5.73 Å². The summed E-state index contributed by atoms with van der Waals surface area (Å²) in [6.07, 6.45) is 1.76. The van der Waals surface area contributed by atoms with Gasteiger partial charge in [0.2, 0.25) is 10.0 Å². The van der Waals surface area contributed by atoms with Gasteiger partial charge in [-0.05, 0) is 43.0 Å². The lowest BCUT2D eigenvalue weighted by Gasteiger charge is -2.38. The summed E-state index contributed by atoms with van der Waals surface area (Å²) in [5.41, 5.74) is 5.77. The Bertz CT molecular complexity index is 742. The molecule has 6 nitrogen and oxygen atoms in total. The van der Waals surface area contributed by atoms with E-state index >= 15 is 0 Å². The second kappa shape index (κ2) is 6.88. The Morgan fingerprint density at radius 2 is 1.70 bits per heavy atom. The number of sulfone groups is 1. The lowest BCUT2D eigenvalue weighted by atomic mass is 9.93. The smallest absolute Gasteiger partial charge is 0.243 e. The minimum absolute atomic E-state index is 0.0159. The summed E-state index contributed by atoms with van der Waals surface area (Å²) in [6, 6.07) is 5.23. The summed E-state index contributed by atoms with van der Waals surface area (Å²) in [5, 5.41) is 0. The fourth-order valence-corrected chi connectivity index (χ4v) is 5.64. The van der Waals surface area contributed by atoms with Crippen LogP contribution in [0.3, 0.4) is 0 Å². The topological polar surface area (TPSA) is 97.5 Å². The highest BCUT2D eigenvalue weighted by Crippen LogP contribution is 2.29. The first-order valence-electron chi connectivity index (χ1n) is 7.78. The summed E-state index contributed by atoms with van der Waals surface area (Å²) in [6.45, 7) is 4.29. The van der Waals surface area contributed by atoms with E-state index in [-0.39, 0.29) is 34.0 Å². The van der Waals surface area contributed by atoms with E-state index in [0.29, 0.717) is 6.54 Å². The molecule has 0 spiro atoms. The fourth-order valence-electron chi connectivity index (χ4n) is 2.98. The average Bonchev–Trinajstić information content (AvgIpc) is 2.54. The Kier molecular flexibility index (Phi) is 5.50. The van der Waals surface area contributed by atoms with E-state index in [1.807, 2.05) is 6.92 Å². The van der Waals surface area contributed by atoms with Crippen LogP contribution in [-0.2, 0) is 19.9 Å². The number of piperidine rings is 1. The second-order valence-electron chi connectivity index (χ2n) is 5.91. The molecule has 8 heteroatoms. The summed E-state index contributed by atoms with van der Waals surface area (Å²) < 4.78 is 50.8. The first kappa shape index (κ1) is 18.4. The van der Waals surface area contributed by atoms with Crippen LogP contribution in [0.4, 0.5) is 0 Å². The number of hydrogen-bond acceptors (Lipinski definition) is 5. The highest BCUT2D eigenvalue weighted by Gasteiger charge is 2.36. The van der Waals surface area contributed by atoms with Gasteiger partial charge in [-0.15, -0.1) is 0 Å². The van der Waals surface area contributed by atoms with Crippen molar-refractivity contribution in [2.24, 2.45) is 11.7 Å².